The van der Waals surface area contributed by atoms with Crippen molar-refractivity contribution in [3.63, 3.8) is 0 Å². The summed E-state index contributed by atoms with van der Waals surface area (Å²) in [6.45, 7) is 4.93. The van der Waals surface area contributed by atoms with Gasteiger partial charge in [-0.15, -0.1) is 0 Å². The van der Waals surface area contributed by atoms with Crippen LogP contribution in [0.5, 0.6) is 0 Å². The first-order chi connectivity index (χ1) is 8.06. The Morgan fingerprint density at radius 1 is 1.29 bits per heavy atom. The highest BCUT2D eigenvalue weighted by Gasteiger charge is 2.18. The Bertz CT molecular complexity index is 272. The number of methoxy groups -OCH3 is 1. The largest absolute Gasteiger partial charge is 0.478 e. The normalized spacial score (nSPS) is 11.1. The van der Waals surface area contributed by atoms with Crippen molar-refractivity contribution in [2.75, 3.05) is 20.3 Å². The number of carboxylic acid groups (broad SMARTS) is 1. The van der Waals surface area contributed by atoms with Crippen molar-refractivity contribution in [1.29, 1.82) is 0 Å². The molecule has 0 spiro atoms. The highest BCUT2D eigenvalue weighted by Crippen LogP contribution is 2.09. The monoisotopic (exact) mass is 243 g/mol. The van der Waals surface area contributed by atoms with Crippen molar-refractivity contribution in [1.82, 2.24) is 4.90 Å². The van der Waals surface area contributed by atoms with Crippen molar-refractivity contribution in [2.45, 2.75) is 32.7 Å². The van der Waals surface area contributed by atoms with Gasteiger partial charge in [0, 0.05) is 31.8 Å². The minimum absolute atomic E-state index is 0.121. The Hall–Kier alpha value is -1.36. The van der Waals surface area contributed by atoms with Gasteiger partial charge in [-0.3, -0.25) is 4.79 Å². The second-order valence-electron chi connectivity index (χ2n) is 3.67. The van der Waals surface area contributed by atoms with Crippen LogP contribution >= 0.6 is 0 Å². The maximum Gasteiger partial charge on any atom is 0.328 e. The zero-order valence-electron chi connectivity index (χ0n) is 10.7. The number of amides is 1. The van der Waals surface area contributed by atoms with Crippen LogP contribution in [0.2, 0.25) is 0 Å². The van der Waals surface area contributed by atoms with E-state index in [0.29, 0.717) is 13.2 Å². The van der Waals surface area contributed by atoms with E-state index in [0.717, 1.165) is 25.0 Å². The Labute approximate surface area is 102 Å². The molecule has 0 rings (SSSR count). The van der Waals surface area contributed by atoms with Gasteiger partial charge in [-0.1, -0.05) is 13.8 Å². The van der Waals surface area contributed by atoms with Crippen molar-refractivity contribution in [2.24, 2.45) is 0 Å². The van der Waals surface area contributed by atoms with Gasteiger partial charge >= 0.3 is 5.97 Å². The first kappa shape index (κ1) is 15.6. The third-order valence-electron chi connectivity index (χ3n) is 2.57. The lowest BCUT2D eigenvalue weighted by Crippen LogP contribution is -2.41. The molecular formula is C12H21NO4. The SMILES string of the molecule is CCC(CC)N(CCOC)C(=O)/C=C/C(=O)O. The number of hydrogen-bond donors (Lipinski definition) is 1. The number of aliphatic carboxylic acids is 1. The number of carboxylic acids is 1. The van der Waals surface area contributed by atoms with Gasteiger partial charge in [0.15, 0.2) is 0 Å². The Kier molecular flexibility index (Phi) is 8.05. The van der Waals surface area contributed by atoms with Gasteiger partial charge in [0.1, 0.15) is 0 Å². The van der Waals surface area contributed by atoms with Gasteiger partial charge in [0.2, 0.25) is 5.91 Å². The molecule has 0 atom stereocenters. The molecule has 98 valence electrons. The fraction of sp³-hybridized carbons (Fsp3) is 0.667. The van der Waals surface area contributed by atoms with Crippen molar-refractivity contribution >= 4 is 11.9 Å². The summed E-state index contributed by atoms with van der Waals surface area (Å²) < 4.78 is 4.95. The van der Waals surface area contributed by atoms with E-state index >= 15 is 0 Å². The lowest BCUT2D eigenvalue weighted by atomic mass is 10.1. The third kappa shape index (κ3) is 6.06. The summed E-state index contributed by atoms with van der Waals surface area (Å²) in [6.07, 6.45) is 3.64. The minimum Gasteiger partial charge on any atom is -0.478 e. The average Bonchev–Trinajstić information content (AvgIpc) is 2.31. The summed E-state index contributed by atoms with van der Waals surface area (Å²) in [5, 5.41) is 8.49. The molecule has 0 fully saturated rings. The second kappa shape index (κ2) is 8.75. The molecule has 0 aromatic rings. The topological polar surface area (TPSA) is 66.8 Å². The molecule has 0 aliphatic rings. The van der Waals surface area contributed by atoms with Crippen LogP contribution in [-0.2, 0) is 14.3 Å². The molecule has 0 aromatic heterocycles. The number of carbonyl (C=O) groups excluding carboxylic acids is 1. The first-order valence-corrected chi connectivity index (χ1v) is 5.77. The third-order valence-corrected chi connectivity index (χ3v) is 2.57. The molecule has 0 aliphatic carbocycles. The van der Waals surface area contributed by atoms with Gasteiger partial charge in [-0.25, -0.2) is 4.79 Å². The molecule has 0 heterocycles. The molecule has 17 heavy (non-hydrogen) atoms. The van der Waals surface area contributed by atoms with E-state index in [4.69, 9.17) is 9.84 Å². The highest BCUT2D eigenvalue weighted by atomic mass is 16.5. The lowest BCUT2D eigenvalue weighted by molar-refractivity contribution is -0.133. The van der Waals surface area contributed by atoms with Crippen LogP contribution in [0, 0.1) is 0 Å². The quantitative estimate of drug-likeness (QED) is 0.652. The summed E-state index contributed by atoms with van der Waals surface area (Å²) in [5.41, 5.74) is 0. The summed E-state index contributed by atoms with van der Waals surface area (Å²) in [6, 6.07) is 0.121. The molecule has 1 amide bonds. The van der Waals surface area contributed by atoms with Crippen LogP contribution in [-0.4, -0.2) is 48.2 Å². The minimum atomic E-state index is -1.12. The van der Waals surface area contributed by atoms with Crippen molar-refractivity contribution in [3.05, 3.63) is 12.2 Å². The molecule has 0 saturated heterocycles. The number of hydrogen-bond acceptors (Lipinski definition) is 3. The lowest BCUT2D eigenvalue weighted by Gasteiger charge is -2.29. The van der Waals surface area contributed by atoms with E-state index in [-0.39, 0.29) is 11.9 Å². The van der Waals surface area contributed by atoms with Crippen LogP contribution < -0.4 is 0 Å². The molecule has 5 nitrogen and oxygen atoms in total. The summed E-state index contributed by atoms with van der Waals surface area (Å²) in [7, 11) is 1.57. The van der Waals surface area contributed by atoms with E-state index in [2.05, 4.69) is 0 Å². The Morgan fingerprint density at radius 3 is 2.29 bits per heavy atom. The molecule has 0 aromatic carbocycles. The van der Waals surface area contributed by atoms with Gasteiger partial charge < -0.3 is 14.7 Å². The summed E-state index contributed by atoms with van der Waals surface area (Å²) in [4.78, 5) is 23.9. The number of carbonyl (C=O) groups is 2. The van der Waals surface area contributed by atoms with E-state index in [1.807, 2.05) is 13.8 Å². The van der Waals surface area contributed by atoms with Crippen LogP contribution in [0.1, 0.15) is 26.7 Å². The molecule has 0 bridgehead atoms. The average molecular weight is 243 g/mol. The fourth-order valence-corrected chi connectivity index (χ4v) is 1.63. The standard InChI is InChI=1S/C12H21NO4/c1-4-10(5-2)13(8-9-17-3)11(14)6-7-12(15)16/h6-7,10H,4-5,8-9H2,1-3H3,(H,15,16)/b7-6+. The van der Waals surface area contributed by atoms with Gasteiger partial charge in [-0.05, 0) is 12.8 Å². The zero-order valence-corrected chi connectivity index (χ0v) is 10.7. The molecule has 1 N–H and O–H groups in total. The zero-order chi connectivity index (χ0) is 13.3. The summed E-state index contributed by atoms with van der Waals surface area (Å²) in [5.74, 6) is -1.40. The first-order valence-electron chi connectivity index (χ1n) is 5.77. The van der Waals surface area contributed by atoms with E-state index in [1.165, 1.54) is 0 Å². The smallest absolute Gasteiger partial charge is 0.328 e. The predicted octanol–water partition coefficient (Wildman–Crippen LogP) is 1.29. The maximum atomic E-state index is 11.8. The molecule has 0 saturated carbocycles. The molecule has 5 heteroatoms. The molecule has 0 aliphatic heterocycles. The number of ether oxygens (including phenoxy) is 1. The Balaban J connectivity index is 4.65. The van der Waals surface area contributed by atoms with Crippen LogP contribution in [0.3, 0.4) is 0 Å². The number of rotatable bonds is 8. The van der Waals surface area contributed by atoms with Crippen molar-refractivity contribution < 1.29 is 19.4 Å². The predicted molar refractivity (Wildman–Crippen MR) is 64.7 cm³/mol. The van der Waals surface area contributed by atoms with Gasteiger partial charge in [0.25, 0.3) is 0 Å². The van der Waals surface area contributed by atoms with Gasteiger partial charge in [-0.2, -0.15) is 0 Å². The maximum absolute atomic E-state index is 11.8. The molecule has 0 unspecified atom stereocenters. The van der Waals surface area contributed by atoms with Crippen LogP contribution in [0.15, 0.2) is 12.2 Å². The molecule has 0 radical (unpaired) electrons. The van der Waals surface area contributed by atoms with E-state index < -0.39 is 5.97 Å². The molecular weight excluding hydrogens is 222 g/mol. The second-order valence-corrected chi connectivity index (χ2v) is 3.67. The fourth-order valence-electron chi connectivity index (χ4n) is 1.63. The summed E-state index contributed by atoms with van der Waals surface area (Å²) >= 11 is 0. The van der Waals surface area contributed by atoms with E-state index in [9.17, 15) is 9.59 Å². The van der Waals surface area contributed by atoms with Gasteiger partial charge in [0.05, 0.1) is 6.61 Å². The van der Waals surface area contributed by atoms with Crippen LogP contribution in [0.4, 0.5) is 0 Å². The van der Waals surface area contributed by atoms with E-state index in [1.54, 1.807) is 12.0 Å². The number of nitrogens with zero attached hydrogens (tertiary/aromatic N) is 1. The highest BCUT2D eigenvalue weighted by molar-refractivity contribution is 5.94. The van der Waals surface area contributed by atoms with Crippen molar-refractivity contribution in [3.8, 4) is 0 Å². The Morgan fingerprint density at radius 2 is 1.88 bits per heavy atom. The van der Waals surface area contributed by atoms with Crippen LogP contribution in [0.25, 0.3) is 0 Å².